The molecule has 1 aromatic carbocycles. The molecule has 2 nitrogen and oxygen atoms in total. The van der Waals surface area contributed by atoms with Crippen molar-refractivity contribution in [3.05, 3.63) is 24.3 Å². The van der Waals surface area contributed by atoms with Crippen LogP contribution in [-0.2, 0) is 12.4 Å². The predicted molar refractivity (Wildman–Crippen MR) is 68.1 cm³/mol. The van der Waals surface area contributed by atoms with Gasteiger partial charge in [0.1, 0.15) is 0 Å². The lowest BCUT2D eigenvalue weighted by atomic mass is 10.1. The smallest absolute Gasteiger partial charge is 0.186 e. The molecule has 15 heavy (non-hydrogen) atoms. The molecule has 1 heterocycles. The van der Waals surface area contributed by atoms with Crippen molar-refractivity contribution in [1.82, 2.24) is 0 Å². The highest BCUT2D eigenvalue weighted by Crippen LogP contribution is 2.46. The quantitative estimate of drug-likeness (QED) is 0.745. The summed E-state index contributed by atoms with van der Waals surface area (Å²) in [6, 6.07) is 8.37. The maximum absolute atomic E-state index is 4.87. The van der Waals surface area contributed by atoms with E-state index in [2.05, 4.69) is 54.3 Å². The average molecular weight is 238 g/mol. The third kappa shape index (κ3) is 1.88. The first kappa shape index (κ1) is 10.9. The van der Waals surface area contributed by atoms with E-state index in [4.69, 9.17) is 12.4 Å². The van der Waals surface area contributed by atoms with E-state index in [9.17, 15) is 0 Å². The van der Waals surface area contributed by atoms with Gasteiger partial charge in [0.05, 0.1) is 5.69 Å². The van der Waals surface area contributed by atoms with Crippen LogP contribution in [0.3, 0.4) is 0 Å². The van der Waals surface area contributed by atoms with Gasteiger partial charge >= 0.3 is 0 Å². The van der Waals surface area contributed by atoms with Crippen LogP contribution in [0.4, 0.5) is 5.69 Å². The maximum Gasteiger partial charge on any atom is 0.186 e. The fraction of sp³-hybridized carbons (Fsp3) is 0.455. The van der Waals surface area contributed by atoms with Crippen LogP contribution in [0.25, 0.3) is 0 Å². The minimum absolute atomic E-state index is 0.0393. The van der Waals surface area contributed by atoms with Crippen LogP contribution >= 0.6 is 11.8 Å². The third-order valence-electron chi connectivity index (χ3n) is 2.39. The molecule has 1 aliphatic rings. The summed E-state index contributed by atoms with van der Waals surface area (Å²) in [7, 11) is 0. The van der Waals surface area contributed by atoms with Gasteiger partial charge in [0.25, 0.3) is 0 Å². The number of anilines is 1. The van der Waals surface area contributed by atoms with E-state index in [0.29, 0.717) is 0 Å². The Bertz CT molecular complexity index is 384. The summed E-state index contributed by atoms with van der Waals surface area (Å²) in [5, 5.41) is 0. The molecule has 0 saturated carbocycles. The van der Waals surface area contributed by atoms with Crippen LogP contribution in [0.5, 0.6) is 0 Å². The number of thioether (sulfide) groups is 1. The zero-order valence-electron chi connectivity index (χ0n) is 9.10. The van der Waals surface area contributed by atoms with Crippen molar-refractivity contribution in [2.45, 2.75) is 36.7 Å². The van der Waals surface area contributed by atoms with E-state index >= 15 is 0 Å². The highest BCUT2D eigenvalue weighted by atomic mass is 32.2. The van der Waals surface area contributed by atoms with Crippen molar-refractivity contribution in [2.24, 2.45) is 4.36 Å². The van der Waals surface area contributed by atoms with Crippen molar-refractivity contribution in [2.75, 3.05) is 4.90 Å². The van der Waals surface area contributed by atoms with Crippen molar-refractivity contribution >= 4 is 29.9 Å². The number of para-hydroxylation sites is 1. The van der Waals surface area contributed by atoms with Crippen molar-refractivity contribution < 1.29 is 0 Å². The maximum atomic E-state index is 4.87. The molecule has 0 spiro atoms. The predicted octanol–water partition coefficient (Wildman–Crippen LogP) is 3.41. The van der Waals surface area contributed by atoms with Gasteiger partial charge in [0.15, 0.2) is 5.50 Å². The molecule has 4 heteroatoms. The number of fused-ring (bicyclic) bond motifs is 1. The van der Waals surface area contributed by atoms with Gasteiger partial charge in [-0.3, -0.25) is 0 Å². The number of hydrogen-bond donors (Lipinski definition) is 0. The fourth-order valence-corrected chi connectivity index (χ4v) is 3.28. The van der Waals surface area contributed by atoms with Gasteiger partial charge in [0.2, 0.25) is 0 Å². The Morgan fingerprint density at radius 3 is 2.60 bits per heavy atom. The molecular weight excluding hydrogens is 224 g/mol. The lowest BCUT2D eigenvalue weighted by Crippen LogP contribution is -2.44. The highest BCUT2D eigenvalue weighted by Gasteiger charge is 2.36. The van der Waals surface area contributed by atoms with Gasteiger partial charge in [-0.05, 0) is 32.9 Å². The van der Waals surface area contributed by atoms with Crippen molar-refractivity contribution in [1.29, 1.82) is 0 Å². The second-order valence-electron chi connectivity index (χ2n) is 4.56. The zero-order valence-corrected chi connectivity index (χ0v) is 10.7. The minimum Gasteiger partial charge on any atom is -0.334 e. The number of hydrogen-bond acceptors (Lipinski definition) is 4. The number of nitrogens with zero attached hydrogens (tertiary/aromatic N) is 2. The molecule has 1 aliphatic heterocycles. The van der Waals surface area contributed by atoms with Gasteiger partial charge in [-0.15, -0.1) is 0 Å². The third-order valence-corrected chi connectivity index (χ3v) is 3.85. The Balaban J connectivity index is 2.47. The molecule has 80 valence electrons. The Hall–Kier alpha value is -0.610. The molecule has 0 fully saturated rings. The van der Waals surface area contributed by atoms with Gasteiger partial charge in [-0.2, -0.15) is 4.36 Å². The summed E-state index contributed by atoms with van der Waals surface area (Å²) in [4.78, 5) is 3.55. The first-order valence-corrected chi connectivity index (χ1v) is 6.16. The van der Waals surface area contributed by atoms with Crippen LogP contribution in [0.2, 0.25) is 0 Å². The lowest BCUT2D eigenvalue weighted by molar-refractivity contribution is 0.500. The molecule has 1 atom stereocenters. The molecule has 0 aliphatic carbocycles. The standard InChI is InChI=1S/C11H14N2S2/c1-11(2,3)13-8-6-4-5-7-9(8)15-10(13)12-14/h4-7,10H,1-3H3. The number of benzene rings is 1. The van der Waals surface area contributed by atoms with Crippen LogP contribution in [0, 0.1) is 0 Å². The number of rotatable bonds is 1. The average Bonchev–Trinajstić information content (AvgIpc) is 2.54. The topological polar surface area (TPSA) is 15.6 Å². The summed E-state index contributed by atoms with van der Waals surface area (Å²) in [6.07, 6.45) is 0. The van der Waals surface area contributed by atoms with Crippen molar-refractivity contribution in [3.8, 4) is 0 Å². The van der Waals surface area contributed by atoms with Crippen LogP contribution in [0.15, 0.2) is 33.5 Å². The van der Waals surface area contributed by atoms with Crippen LogP contribution < -0.4 is 4.90 Å². The van der Waals surface area contributed by atoms with Gasteiger partial charge in [-0.1, -0.05) is 23.9 Å². The molecular formula is C11H14N2S2. The molecule has 1 aromatic rings. The second-order valence-corrected chi connectivity index (χ2v) is 5.87. The summed E-state index contributed by atoms with van der Waals surface area (Å²) in [6.45, 7) is 6.55. The van der Waals surface area contributed by atoms with E-state index in [0.717, 1.165) is 0 Å². The summed E-state index contributed by atoms with van der Waals surface area (Å²) >= 11 is 6.59. The molecule has 0 N–H and O–H groups in total. The highest BCUT2D eigenvalue weighted by molar-refractivity contribution is 8.00. The van der Waals surface area contributed by atoms with Gasteiger partial charge < -0.3 is 4.90 Å². The Kier molecular flexibility index (Phi) is 2.73. The monoisotopic (exact) mass is 238 g/mol. The molecule has 1 unspecified atom stereocenters. The first-order chi connectivity index (χ1) is 7.04. The molecule has 0 saturated heterocycles. The first-order valence-electron chi connectivity index (χ1n) is 4.91. The Labute approximate surface area is 100 Å². The Morgan fingerprint density at radius 2 is 2.00 bits per heavy atom. The molecule has 0 radical (unpaired) electrons. The SMILES string of the molecule is CC(C)(C)N1c2ccccc2SC1N=S. The summed E-state index contributed by atoms with van der Waals surface area (Å²) in [5.41, 5.74) is 1.33. The zero-order chi connectivity index (χ0) is 11.1. The molecule has 2 rings (SSSR count). The fourth-order valence-electron chi connectivity index (χ4n) is 1.80. The summed E-state index contributed by atoms with van der Waals surface area (Å²) < 4.78 is 4.02. The second kappa shape index (κ2) is 3.76. The minimum atomic E-state index is 0.0393. The molecule has 0 bridgehead atoms. The van der Waals surface area contributed by atoms with E-state index in [-0.39, 0.29) is 11.0 Å². The van der Waals surface area contributed by atoms with E-state index in [1.54, 1.807) is 11.8 Å². The lowest BCUT2D eigenvalue weighted by Gasteiger charge is -2.36. The molecule has 0 amide bonds. The van der Waals surface area contributed by atoms with E-state index in [1.807, 2.05) is 0 Å². The Morgan fingerprint density at radius 1 is 1.33 bits per heavy atom. The molecule has 0 aromatic heterocycles. The van der Waals surface area contributed by atoms with E-state index < -0.39 is 0 Å². The van der Waals surface area contributed by atoms with Crippen LogP contribution in [-0.4, -0.2) is 11.0 Å². The summed E-state index contributed by atoms with van der Waals surface area (Å²) in [5.74, 6) is 0. The normalized spacial score (nSPS) is 20.2. The van der Waals surface area contributed by atoms with Gasteiger partial charge in [-0.25, -0.2) is 0 Å². The van der Waals surface area contributed by atoms with E-state index in [1.165, 1.54) is 10.6 Å². The van der Waals surface area contributed by atoms with Crippen molar-refractivity contribution in [3.63, 3.8) is 0 Å². The largest absolute Gasteiger partial charge is 0.334 e. The van der Waals surface area contributed by atoms with Gasteiger partial charge in [0, 0.05) is 22.9 Å². The van der Waals surface area contributed by atoms with Crippen LogP contribution in [0.1, 0.15) is 20.8 Å².